The number of ether oxygens (including phenoxy) is 1. The summed E-state index contributed by atoms with van der Waals surface area (Å²) in [6.45, 7) is 17.3. The number of fused-ring (bicyclic) bond motifs is 7. The fraction of sp³-hybridized carbons (Fsp3) is 0.938. The van der Waals surface area contributed by atoms with Crippen molar-refractivity contribution in [2.75, 3.05) is 0 Å². The first-order chi connectivity index (χ1) is 17.0. The Kier molecular flexibility index (Phi) is 6.09. The van der Waals surface area contributed by atoms with Gasteiger partial charge in [-0.15, -0.1) is 0 Å². The summed E-state index contributed by atoms with van der Waals surface area (Å²) in [5, 5.41) is 21.5. The third-order valence-electron chi connectivity index (χ3n) is 14.2. The highest BCUT2D eigenvalue weighted by Gasteiger charge is 2.74. The molecule has 2 N–H and O–H groups in total. The summed E-state index contributed by atoms with van der Waals surface area (Å²) in [5.74, 6) is 0.763. The predicted octanol–water partition coefficient (Wildman–Crippen LogP) is 6.86. The van der Waals surface area contributed by atoms with Gasteiger partial charge in [0.1, 0.15) is 6.10 Å². The smallest absolute Gasteiger partial charge is 0.309 e. The Balaban J connectivity index is 1.61. The maximum absolute atomic E-state index is 12.6. The zero-order valence-corrected chi connectivity index (χ0v) is 24.7. The van der Waals surface area contributed by atoms with Crippen LogP contribution in [0, 0.1) is 56.7 Å². The SMILES string of the molecule is CC(=O)OC1CC2C(C(C)(C)O)CCC2(C)C2CCC3C4(C)CCCC(C)(C(=O)O)C4CCC3(C)C12C. The summed E-state index contributed by atoms with van der Waals surface area (Å²) in [7, 11) is 0. The second-order valence-corrected chi connectivity index (χ2v) is 15.8. The van der Waals surface area contributed by atoms with Crippen LogP contribution in [0.5, 0.6) is 0 Å². The first-order valence-electron chi connectivity index (χ1n) is 15.1. The summed E-state index contributed by atoms with van der Waals surface area (Å²) in [5.41, 5.74) is -1.51. The molecule has 5 rings (SSSR count). The van der Waals surface area contributed by atoms with Crippen molar-refractivity contribution in [3.05, 3.63) is 0 Å². The van der Waals surface area contributed by atoms with E-state index in [1.165, 1.54) is 0 Å². The highest BCUT2D eigenvalue weighted by Crippen LogP contribution is 2.78. The minimum Gasteiger partial charge on any atom is -0.481 e. The van der Waals surface area contributed by atoms with Crippen LogP contribution >= 0.6 is 0 Å². The number of carbonyl (C=O) groups excluding carboxylic acids is 1. The van der Waals surface area contributed by atoms with Gasteiger partial charge < -0.3 is 14.9 Å². The van der Waals surface area contributed by atoms with Crippen molar-refractivity contribution in [3.8, 4) is 0 Å². The van der Waals surface area contributed by atoms with Crippen molar-refractivity contribution in [2.24, 2.45) is 56.7 Å². The van der Waals surface area contributed by atoms with Crippen molar-refractivity contribution >= 4 is 11.9 Å². The van der Waals surface area contributed by atoms with Crippen LogP contribution in [-0.4, -0.2) is 33.9 Å². The van der Waals surface area contributed by atoms with Crippen LogP contribution < -0.4 is 0 Å². The van der Waals surface area contributed by atoms with Gasteiger partial charge in [0.05, 0.1) is 11.0 Å². The summed E-state index contributed by atoms with van der Waals surface area (Å²) in [6, 6.07) is 0. The van der Waals surface area contributed by atoms with Crippen LogP contribution in [0.15, 0.2) is 0 Å². The number of esters is 1. The minimum absolute atomic E-state index is 0.0177. The molecule has 0 spiro atoms. The second-order valence-electron chi connectivity index (χ2n) is 15.8. The van der Waals surface area contributed by atoms with Crippen LogP contribution in [0.1, 0.15) is 120 Å². The highest BCUT2D eigenvalue weighted by molar-refractivity contribution is 5.75. The number of aliphatic hydroxyl groups is 1. The van der Waals surface area contributed by atoms with E-state index in [2.05, 4.69) is 27.7 Å². The number of carboxylic acid groups (broad SMARTS) is 1. The van der Waals surface area contributed by atoms with E-state index in [-0.39, 0.29) is 45.6 Å². The topological polar surface area (TPSA) is 83.8 Å². The molecule has 0 aromatic heterocycles. The average Bonchev–Trinajstić information content (AvgIpc) is 3.11. The Labute approximate surface area is 224 Å². The average molecular weight is 517 g/mol. The Morgan fingerprint density at radius 3 is 2.08 bits per heavy atom. The molecule has 11 atom stereocenters. The highest BCUT2D eigenvalue weighted by atomic mass is 16.5. The summed E-state index contributed by atoms with van der Waals surface area (Å²) < 4.78 is 6.33. The van der Waals surface area contributed by atoms with Gasteiger partial charge in [0, 0.05) is 12.3 Å². The lowest BCUT2D eigenvalue weighted by molar-refractivity contribution is -0.279. The molecule has 0 aliphatic heterocycles. The number of aliphatic carboxylic acids is 1. The lowest BCUT2D eigenvalue weighted by atomic mass is 9.31. The molecule has 0 saturated heterocycles. The minimum atomic E-state index is -0.743. The molecule has 5 fully saturated rings. The van der Waals surface area contributed by atoms with Gasteiger partial charge in [-0.1, -0.05) is 34.1 Å². The van der Waals surface area contributed by atoms with E-state index in [0.717, 1.165) is 64.2 Å². The molecule has 0 bridgehead atoms. The maximum atomic E-state index is 12.6. The van der Waals surface area contributed by atoms with Crippen molar-refractivity contribution in [2.45, 2.75) is 131 Å². The number of rotatable bonds is 3. The molecular formula is C32H52O5. The van der Waals surface area contributed by atoms with Gasteiger partial charge in [-0.2, -0.15) is 0 Å². The molecule has 210 valence electrons. The van der Waals surface area contributed by atoms with Crippen molar-refractivity contribution in [1.29, 1.82) is 0 Å². The van der Waals surface area contributed by atoms with E-state index >= 15 is 0 Å². The van der Waals surface area contributed by atoms with E-state index in [1.807, 2.05) is 20.8 Å². The Hall–Kier alpha value is -1.10. The van der Waals surface area contributed by atoms with E-state index < -0.39 is 17.0 Å². The second kappa shape index (κ2) is 8.21. The van der Waals surface area contributed by atoms with Crippen LogP contribution in [0.3, 0.4) is 0 Å². The molecule has 5 heteroatoms. The molecule has 37 heavy (non-hydrogen) atoms. The number of carbonyl (C=O) groups is 2. The van der Waals surface area contributed by atoms with Gasteiger partial charge in [-0.3, -0.25) is 9.59 Å². The quantitative estimate of drug-likeness (QED) is 0.401. The molecule has 0 aromatic carbocycles. The van der Waals surface area contributed by atoms with Gasteiger partial charge in [0.15, 0.2) is 0 Å². The standard InChI is InChI=1S/C32H52O5/c1-19(33)37-25-18-21-20(27(2,3)36)12-16-28(21,4)24-11-10-23-29(5)14-9-15-30(6,26(34)35)22(29)13-17-31(23,7)32(24,25)8/h20-25,36H,9-18H2,1-8H3,(H,34,35). The van der Waals surface area contributed by atoms with E-state index in [0.29, 0.717) is 17.8 Å². The number of hydrogen-bond acceptors (Lipinski definition) is 4. The van der Waals surface area contributed by atoms with Gasteiger partial charge in [0.25, 0.3) is 0 Å². The Morgan fingerprint density at radius 2 is 1.49 bits per heavy atom. The summed E-state index contributed by atoms with van der Waals surface area (Å²) >= 11 is 0. The molecule has 5 nitrogen and oxygen atoms in total. The zero-order chi connectivity index (χ0) is 27.4. The monoisotopic (exact) mass is 516 g/mol. The fourth-order valence-corrected chi connectivity index (χ4v) is 12.4. The normalized spacial score (nSPS) is 53.3. The largest absolute Gasteiger partial charge is 0.481 e. The molecular weight excluding hydrogens is 464 g/mol. The number of carboxylic acids is 1. The number of hydrogen-bond donors (Lipinski definition) is 2. The predicted molar refractivity (Wildman–Crippen MR) is 144 cm³/mol. The van der Waals surface area contributed by atoms with Gasteiger partial charge >= 0.3 is 11.9 Å². The summed E-state index contributed by atoms with van der Waals surface area (Å²) in [6.07, 6.45) is 9.83. The third kappa shape index (κ3) is 3.43. The van der Waals surface area contributed by atoms with Crippen molar-refractivity contribution in [3.63, 3.8) is 0 Å². The van der Waals surface area contributed by atoms with Crippen LogP contribution in [0.4, 0.5) is 0 Å². The van der Waals surface area contributed by atoms with Gasteiger partial charge in [0.2, 0.25) is 0 Å². The molecule has 5 saturated carbocycles. The van der Waals surface area contributed by atoms with Crippen LogP contribution in [-0.2, 0) is 14.3 Å². The molecule has 5 aliphatic carbocycles. The van der Waals surface area contributed by atoms with Crippen molar-refractivity contribution in [1.82, 2.24) is 0 Å². The Morgan fingerprint density at radius 1 is 0.838 bits per heavy atom. The van der Waals surface area contributed by atoms with Crippen LogP contribution in [0.25, 0.3) is 0 Å². The maximum Gasteiger partial charge on any atom is 0.309 e. The summed E-state index contributed by atoms with van der Waals surface area (Å²) in [4.78, 5) is 25.1. The Bertz CT molecular complexity index is 969. The lowest BCUT2D eigenvalue weighted by Crippen LogP contribution is -2.70. The van der Waals surface area contributed by atoms with Crippen LogP contribution in [0.2, 0.25) is 0 Å². The molecule has 0 radical (unpaired) electrons. The fourth-order valence-electron chi connectivity index (χ4n) is 12.4. The van der Waals surface area contributed by atoms with Gasteiger partial charge in [-0.05, 0) is 124 Å². The first kappa shape index (κ1) is 27.5. The molecule has 0 amide bonds. The first-order valence-corrected chi connectivity index (χ1v) is 15.1. The molecule has 0 heterocycles. The zero-order valence-electron chi connectivity index (χ0n) is 24.7. The lowest BCUT2D eigenvalue weighted by Gasteiger charge is -2.73. The van der Waals surface area contributed by atoms with Crippen molar-refractivity contribution < 1.29 is 24.5 Å². The van der Waals surface area contributed by atoms with E-state index in [1.54, 1.807) is 6.92 Å². The van der Waals surface area contributed by atoms with Gasteiger partial charge in [-0.25, -0.2) is 0 Å². The molecule has 0 aromatic rings. The molecule has 11 unspecified atom stereocenters. The molecule has 5 aliphatic rings. The van der Waals surface area contributed by atoms with E-state index in [4.69, 9.17) is 4.74 Å². The van der Waals surface area contributed by atoms with E-state index in [9.17, 15) is 19.8 Å². The third-order valence-corrected chi connectivity index (χ3v) is 14.2.